The molecule has 0 aliphatic heterocycles. The first kappa shape index (κ1) is 30.0. The smallest absolute Gasteiger partial charge is 0.133 e. The Balaban J connectivity index is 1.94. The summed E-state index contributed by atoms with van der Waals surface area (Å²) in [6.07, 6.45) is -0.336. The van der Waals surface area contributed by atoms with Crippen LogP contribution in [0.5, 0.6) is 11.5 Å². The number of benzene rings is 2. The lowest BCUT2D eigenvalue weighted by Crippen LogP contribution is -2.40. The highest BCUT2D eigenvalue weighted by molar-refractivity contribution is 5.74. The Kier molecular flexibility index (Phi) is 13.2. The Hall–Kier alpha value is -2.20. The molecule has 4 unspecified atom stereocenters. The number of methoxy groups -OCH3 is 2. The second kappa shape index (κ2) is 15.8. The summed E-state index contributed by atoms with van der Waals surface area (Å²) in [7, 11) is 3.15. The minimum Gasteiger partial charge on any atom is -0.493 e. The fourth-order valence-electron chi connectivity index (χ4n) is 4.02. The molecule has 0 fully saturated rings. The van der Waals surface area contributed by atoms with E-state index >= 15 is 0 Å². The van der Waals surface area contributed by atoms with Crippen LogP contribution in [0, 0.1) is 13.8 Å². The first-order valence-electron chi connectivity index (χ1n) is 12.6. The van der Waals surface area contributed by atoms with Gasteiger partial charge in [0.15, 0.2) is 0 Å². The van der Waals surface area contributed by atoms with Crippen molar-refractivity contribution >= 4 is 0 Å². The molecule has 0 radical (unpaired) electrons. The third-order valence-corrected chi connectivity index (χ3v) is 6.09. The van der Waals surface area contributed by atoms with E-state index in [2.05, 4.69) is 36.6 Å². The molecule has 0 saturated heterocycles. The molecule has 4 N–H and O–H groups in total. The van der Waals surface area contributed by atoms with Crippen molar-refractivity contribution in [3.8, 4) is 22.6 Å². The fraction of sp³-hybridized carbons (Fsp3) is 0.571. The predicted molar refractivity (Wildman–Crippen MR) is 143 cm³/mol. The van der Waals surface area contributed by atoms with Crippen molar-refractivity contribution in [1.82, 2.24) is 10.6 Å². The van der Waals surface area contributed by atoms with E-state index in [1.807, 2.05) is 24.3 Å². The fourth-order valence-corrected chi connectivity index (χ4v) is 4.02. The summed E-state index contributed by atoms with van der Waals surface area (Å²) in [5.74, 6) is 1.71. The second-order valence-corrected chi connectivity index (χ2v) is 8.96. The normalized spacial score (nSPS) is 14.8. The Bertz CT molecular complexity index is 832. The molecule has 0 aliphatic rings. The van der Waals surface area contributed by atoms with Crippen molar-refractivity contribution in [2.45, 2.75) is 65.2 Å². The first-order valence-corrected chi connectivity index (χ1v) is 12.6. The van der Waals surface area contributed by atoms with Crippen molar-refractivity contribution in [3.63, 3.8) is 0 Å². The molecule has 2 rings (SSSR count). The van der Waals surface area contributed by atoms with E-state index in [1.54, 1.807) is 28.1 Å². The van der Waals surface area contributed by atoms with Crippen LogP contribution in [0.25, 0.3) is 11.1 Å². The maximum absolute atomic E-state index is 9.64. The van der Waals surface area contributed by atoms with Crippen LogP contribution < -0.4 is 20.1 Å². The van der Waals surface area contributed by atoms with Crippen LogP contribution in [0.3, 0.4) is 0 Å². The lowest BCUT2D eigenvalue weighted by Gasteiger charge is -2.20. The average Bonchev–Trinajstić information content (AvgIpc) is 2.85. The summed E-state index contributed by atoms with van der Waals surface area (Å²) in [6.45, 7) is 10.0. The van der Waals surface area contributed by atoms with Gasteiger partial charge in [0.25, 0.3) is 0 Å². The van der Waals surface area contributed by atoms with E-state index in [4.69, 9.17) is 18.9 Å². The number of ether oxygens (including phenoxy) is 4. The molecule has 8 nitrogen and oxygen atoms in total. The van der Waals surface area contributed by atoms with Crippen LogP contribution in [0.15, 0.2) is 36.4 Å². The van der Waals surface area contributed by atoms with Gasteiger partial charge in [-0.3, -0.25) is 10.6 Å². The van der Waals surface area contributed by atoms with Gasteiger partial charge in [0.2, 0.25) is 0 Å². The van der Waals surface area contributed by atoms with Gasteiger partial charge < -0.3 is 29.2 Å². The molecule has 0 aliphatic carbocycles. The zero-order valence-corrected chi connectivity index (χ0v) is 22.5. The predicted octanol–water partition coefficient (Wildman–Crippen LogP) is 3.39. The van der Waals surface area contributed by atoms with Gasteiger partial charge in [-0.1, -0.05) is 24.3 Å². The molecule has 0 bridgehead atoms. The highest BCUT2D eigenvalue weighted by Gasteiger charge is 2.15. The highest BCUT2D eigenvalue weighted by atomic mass is 16.5. The van der Waals surface area contributed by atoms with Gasteiger partial charge in [-0.25, -0.2) is 0 Å². The number of rotatable bonds is 17. The summed E-state index contributed by atoms with van der Waals surface area (Å²) in [5, 5.41) is 25.6. The molecule has 8 heteroatoms. The summed E-state index contributed by atoms with van der Waals surface area (Å²) in [5.41, 5.74) is 4.39. The van der Waals surface area contributed by atoms with Crippen molar-refractivity contribution in [1.29, 1.82) is 0 Å². The SMILES string of the molecule is COC(NCCCOc1cccc(-c2cccc(OCCCNC(OC)C(C)O)c2C)c1C)C(C)O. The van der Waals surface area contributed by atoms with Gasteiger partial charge in [-0.15, -0.1) is 0 Å². The molecule has 0 amide bonds. The molecule has 4 atom stereocenters. The van der Waals surface area contributed by atoms with Gasteiger partial charge in [-0.05, 0) is 74.9 Å². The Morgan fingerprint density at radius 3 is 1.42 bits per heavy atom. The maximum Gasteiger partial charge on any atom is 0.133 e. The van der Waals surface area contributed by atoms with Crippen molar-refractivity contribution in [2.75, 3.05) is 40.5 Å². The number of hydrogen-bond donors (Lipinski definition) is 4. The topological polar surface area (TPSA) is 101 Å². The molecular formula is C28H44N2O6. The van der Waals surface area contributed by atoms with Crippen LogP contribution in [-0.2, 0) is 9.47 Å². The third kappa shape index (κ3) is 9.03. The maximum atomic E-state index is 9.64. The molecule has 2 aromatic carbocycles. The second-order valence-electron chi connectivity index (χ2n) is 8.96. The molecule has 202 valence electrons. The van der Waals surface area contributed by atoms with Crippen molar-refractivity contribution in [2.24, 2.45) is 0 Å². The quantitative estimate of drug-likeness (QED) is 0.192. The van der Waals surface area contributed by atoms with Crippen LogP contribution in [0.4, 0.5) is 0 Å². The lowest BCUT2D eigenvalue weighted by atomic mass is 9.95. The molecule has 0 heterocycles. The van der Waals surface area contributed by atoms with Gasteiger partial charge in [0, 0.05) is 27.3 Å². The Morgan fingerprint density at radius 2 is 1.08 bits per heavy atom. The third-order valence-electron chi connectivity index (χ3n) is 6.09. The molecule has 36 heavy (non-hydrogen) atoms. The van der Waals surface area contributed by atoms with Crippen molar-refractivity contribution < 1.29 is 29.2 Å². The summed E-state index contributed by atoms with van der Waals surface area (Å²) < 4.78 is 22.6. The van der Waals surface area contributed by atoms with Crippen LogP contribution in [0.1, 0.15) is 37.8 Å². The molecule has 0 aromatic heterocycles. The number of nitrogens with one attached hydrogen (secondary N) is 2. The number of aliphatic hydroxyl groups excluding tert-OH is 2. The van der Waals surface area contributed by atoms with Crippen LogP contribution in [0.2, 0.25) is 0 Å². The monoisotopic (exact) mass is 504 g/mol. The van der Waals surface area contributed by atoms with Gasteiger partial charge in [0.1, 0.15) is 24.0 Å². The first-order chi connectivity index (χ1) is 17.3. The minimum atomic E-state index is -0.576. The molecule has 2 aromatic rings. The highest BCUT2D eigenvalue weighted by Crippen LogP contribution is 2.35. The van der Waals surface area contributed by atoms with E-state index in [1.165, 1.54) is 0 Å². The van der Waals surface area contributed by atoms with Gasteiger partial charge in [0.05, 0.1) is 25.4 Å². The standard InChI is InChI=1S/C28H44N2O6/c1-19-23(11-7-13-25(19)35-17-9-15-29-27(33-5)21(3)31)24-12-8-14-26(20(24)2)36-18-10-16-30-28(34-6)22(4)32/h7-8,11-14,21-22,27-32H,9-10,15-18H2,1-6H3. The summed E-state index contributed by atoms with van der Waals surface area (Å²) >= 11 is 0. The lowest BCUT2D eigenvalue weighted by molar-refractivity contribution is -0.0228. The molecule has 0 spiro atoms. The zero-order chi connectivity index (χ0) is 26.5. The minimum absolute atomic E-state index is 0.379. The number of aliphatic hydroxyl groups is 2. The molecular weight excluding hydrogens is 460 g/mol. The average molecular weight is 505 g/mol. The van der Waals surface area contributed by atoms with Gasteiger partial charge in [-0.2, -0.15) is 0 Å². The van der Waals surface area contributed by atoms with E-state index < -0.39 is 12.2 Å². The number of hydrogen-bond acceptors (Lipinski definition) is 8. The zero-order valence-electron chi connectivity index (χ0n) is 22.5. The van der Waals surface area contributed by atoms with Gasteiger partial charge >= 0.3 is 0 Å². The molecule has 0 saturated carbocycles. The Labute approximate surface area is 215 Å². The van der Waals surface area contributed by atoms with Crippen LogP contribution >= 0.6 is 0 Å². The Morgan fingerprint density at radius 1 is 0.694 bits per heavy atom. The van der Waals surface area contributed by atoms with E-state index in [9.17, 15) is 10.2 Å². The van der Waals surface area contributed by atoms with Crippen LogP contribution in [-0.4, -0.2) is 75.4 Å². The van der Waals surface area contributed by atoms with E-state index in [0.29, 0.717) is 26.3 Å². The van der Waals surface area contributed by atoms with E-state index in [-0.39, 0.29) is 12.5 Å². The van der Waals surface area contributed by atoms with E-state index in [0.717, 1.165) is 46.6 Å². The van der Waals surface area contributed by atoms with Crippen molar-refractivity contribution in [3.05, 3.63) is 47.5 Å². The summed E-state index contributed by atoms with van der Waals surface area (Å²) in [6, 6.07) is 12.2. The largest absolute Gasteiger partial charge is 0.493 e. The summed E-state index contributed by atoms with van der Waals surface area (Å²) in [4.78, 5) is 0.